The summed E-state index contributed by atoms with van der Waals surface area (Å²) < 4.78 is 13.1. The number of hydrogen-bond donors (Lipinski definition) is 2. The molecule has 0 spiro atoms. The fourth-order valence-electron chi connectivity index (χ4n) is 1.05. The van der Waals surface area contributed by atoms with E-state index in [2.05, 4.69) is 0 Å². The number of hydrogen-bond acceptors (Lipinski definition) is 2. The molecule has 0 aliphatic rings. The van der Waals surface area contributed by atoms with Gasteiger partial charge in [0.25, 0.3) is 0 Å². The van der Waals surface area contributed by atoms with Crippen molar-refractivity contribution in [1.29, 1.82) is 0 Å². The average Bonchev–Trinajstić information content (AvgIpc) is 2.12. The molecule has 0 aliphatic carbocycles. The summed E-state index contributed by atoms with van der Waals surface area (Å²) in [5.74, 6) is -0.634. The maximum absolute atomic E-state index is 13.1. The number of halogens is 3. The van der Waals surface area contributed by atoms with Crippen LogP contribution in [0, 0.1) is 5.82 Å². The van der Waals surface area contributed by atoms with E-state index in [1.807, 2.05) is 0 Å². The highest BCUT2D eigenvalue weighted by atomic mass is 35.5. The number of aliphatic hydroxyl groups excluding tert-OH is 1. The lowest BCUT2D eigenvalue weighted by Crippen LogP contribution is -2.23. The first-order valence-corrected chi connectivity index (χ1v) is 4.77. The molecule has 0 saturated carbocycles. The lowest BCUT2D eigenvalue weighted by Gasteiger charge is -2.15. The van der Waals surface area contributed by atoms with Crippen molar-refractivity contribution < 1.29 is 9.50 Å². The third-order valence-corrected chi connectivity index (χ3v) is 2.69. The van der Waals surface area contributed by atoms with Gasteiger partial charge in [0.1, 0.15) is 5.82 Å². The van der Waals surface area contributed by atoms with Gasteiger partial charge >= 0.3 is 0 Å². The van der Waals surface area contributed by atoms with Crippen LogP contribution >= 0.6 is 23.2 Å². The van der Waals surface area contributed by atoms with Gasteiger partial charge in [0, 0.05) is 0 Å². The second-order valence-corrected chi connectivity index (χ2v) is 3.85. The van der Waals surface area contributed by atoms with Crippen LogP contribution in [0.3, 0.4) is 0 Å². The number of nitrogens with two attached hydrogens (primary N) is 1. The summed E-state index contributed by atoms with van der Waals surface area (Å²) in [5.41, 5.74) is 6.03. The van der Waals surface area contributed by atoms with Gasteiger partial charge in [0.2, 0.25) is 0 Å². The second kappa shape index (κ2) is 4.45. The standard InChI is InChI=1S/C9H10Cl2FNO/c1-4(14)9(13)5-2-6(10)8(11)7(12)3-5/h2-4,9,14H,13H2,1H3/t4-,9+/m0/s1. The Labute approximate surface area is 91.4 Å². The van der Waals surface area contributed by atoms with Crippen molar-refractivity contribution in [1.82, 2.24) is 0 Å². The fourth-order valence-corrected chi connectivity index (χ4v) is 1.37. The van der Waals surface area contributed by atoms with Crippen molar-refractivity contribution >= 4 is 23.2 Å². The molecule has 0 amide bonds. The number of rotatable bonds is 2. The number of benzene rings is 1. The minimum absolute atomic E-state index is 0.0952. The topological polar surface area (TPSA) is 46.2 Å². The summed E-state index contributed by atoms with van der Waals surface area (Å²) in [5, 5.41) is 9.17. The van der Waals surface area contributed by atoms with E-state index in [0.717, 1.165) is 0 Å². The zero-order valence-electron chi connectivity index (χ0n) is 7.47. The van der Waals surface area contributed by atoms with Gasteiger partial charge in [-0.25, -0.2) is 4.39 Å². The lowest BCUT2D eigenvalue weighted by molar-refractivity contribution is 0.164. The molecule has 1 aromatic rings. The Morgan fingerprint density at radius 3 is 2.43 bits per heavy atom. The van der Waals surface area contributed by atoms with E-state index in [9.17, 15) is 9.50 Å². The van der Waals surface area contributed by atoms with E-state index < -0.39 is 18.0 Å². The van der Waals surface area contributed by atoms with Gasteiger partial charge in [-0.1, -0.05) is 23.2 Å². The van der Waals surface area contributed by atoms with Gasteiger partial charge in [-0.15, -0.1) is 0 Å². The van der Waals surface area contributed by atoms with Crippen LogP contribution in [0.4, 0.5) is 4.39 Å². The molecule has 14 heavy (non-hydrogen) atoms. The molecule has 1 rings (SSSR count). The first-order chi connectivity index (χ1) is 6.43. The zero-order valence-corrected chi connectivity index (χ0v) is 8.98. The maximum Gasteiger partial charge on any atom is 0.143 e. The Bertz CT molecular complexity index is 321. The molecule has 1 aromatic carbocycles. The van der Waals surface area contributed by atoms with Gasteiger partial charge in [0.05, 0.1) is 22.2 Å². The van der Waals surface area contributed by atoms with Crippen LogP contribution in [-0.4, -0.2) is 11.2 Å². The van der Waals surface area contributed by atoms with E-state index in [0.29, 0.717) is 5.56 Å². The first kappa shape index (κ1) is 11.7. The average molecular weight is 238 g/mol. The van der Waals surface area contributed by atoms with Gasteiger partial charge in [0.15, 0.2) is 0 Å². The summed E-state index contributed by atoms with van der Waals surface area (Å²) in [6, 6.07) is 1.95. The normalized spacial score (nSPS) is 15.3. The van der Waals surface area contributed by atoms with E-state index in [4.69, 9.17) is 28.9 Å². The summed E-state index contributed by atoms with van der Waals surface area (Å²) in [4.78, 5) is 0. The molecule has 78 valence electrons. The molecule has 0 aliphatic heterocycles. The van der Waals surface area contributed by atoms with Crippen LogP contribution in [-0.2, 0) is 0 Å². The Morgan fingerprint density at radius 1 is 1.43 bits per heavy atom. The largest absolute Gasteiger partial charge is 0.391 e. The Kier molecular flexibility index (Phi) is 3.72. The summed E-state index contributed by atoms with van der Waals surface area (Å²) >= 11 is 11.2. The highest BCUT2D eigenvalue weighted by Gasteiger charge is 2.15. The van der Waals surface area contributed by atoms with Crippen LogP contribution in [0.25, 0.3) is 0 Å². The smallest absolute Gasteiger partial charge is 0.143 e. The maximum atomic E-state index is 13.1. The van der Waals surface area contributed by atoms with Crippen LogP contribution in [0.1, 0.15) is 18.5 Å². The molecular weight excluding hydrogens is 228 g/mol. The van der Waals surface area contributed by atoms with Crippen molar-refractivity contribution in [2.45, 2.75) is 19.1 Å². The Balaban J connectivity index is 3.12. The molecule has 0 aromatic heterocycles. The molecular formula is C9H10Cl2FNO. The van der Waals surface area contributed by atoms with E-state index in [1.165, 1.54) is 19.1 Å². The van der Waals surface area contributed by atoms with E-state index in [1.54, 1.807) is 0 Å². The van der Waals surface area contributed by atoms with Crippen LogP contribution in [0.2, 0.25) is 10.0 Å². The van der Waals surface area contributed by atoms with Crippen molar-refractivity contribution in [3.05, 3.63) is 33.6 Å². The van der Waals surface area contributed by atoms with Gasteiger partial charge in [-0.3, -0.25) is 0 Å². The minimum Gasteiger partial charge on any atom is -0.391 e. The van der Waals surface area contributed by atoms with Gasteiger partial charge in [-0.05, 0) is 24.6 Å². The molecule has 0 radical (unpaired) electrons. The minimum atomic E-state index is -0.772. The number of aliphatic hydroxyl groups is 1. The summed E-state index contributed by atoms with van der Waals surface area (Å²) in [6.07, 6.45) is -0.772. The summed E-state index contributed by atoms with van der Waals surface area (Å²) in [7, 11) is 0. The highest BCUT2D eigenvalue weighted by molar-refractivity contribution is 6.42. The molecule has 2 nitrogen and oxygen atoms in total. The molecule has 3 N–H and O–H groups in total. The van der Waals surface area contributed by atoms with Crippen molar-refractivity contribution in [3.63, 3.8) is 0 Å². The molecule has 0 heterocycles. The molecule has 0 unspecified atom stereocenters. The van der Waals surface area contributed by atoms with E-state index >= 15 is 0 Å². The van der Waals surface area contributed by atoms with Gasteiger partial charge in [-0.2, -0.15) is 0 Å². The Hall–Kier alpha value is -0.350. The van der Waals surface area contributed by atoms with Crippen molar-refractivity contribution in [2.24, 2.45) is 5.73 Å². The zero-order chi connectivity index (χ0) is 10.9. The monoisotopic (exact) mass is 237 g/mol. The predicted octanol–water partition coefficient (Wildman–Crippen LogP) is 2.51. The molecule has 0 saturated heterocycles. The SMILES string of the molecule is C[C@H](O)[C@@H](N)c1cc(F)c(Cl)c(Cl)c1. The molecule has 5 heteroatoms. The third-order valence-electron chi connectivity index (χ3n) is 1.91. The van der Waals surface area contributed by atoms with Crippen molar-refractivity contribution in [3.8, 4) is 0 Å². The molecule has 0 fully saturated rings. The van der Waals surface area contributed by atoms with Crippen LogP contribution in [0.15, 0.2) is 12.1 Å². The van der Waals surface area contributed by atoms with Crippen LogP contribution in [0.5, 0.6) is 0 Å². The lowest BCUT2D eigenvalue weighted by atomic mass is 10.0. The Morgan fingerprint density at radius 2 is 2.00 bits per heavy atom. The second-order valence-electron chi connectivity index (χ2n) is 3.06. The quantitative estimate of drug-likeness (QED) is 0.777. The summed E-state index contributed by atoms with van der Waals surface area (Å²) in [6.45, 7) is 1.52. The predicted molar refractivity (Wildman–Crippen MR) is 55.0 cm³/mol. The molecule has 0 bridgehead atoms. The van der Waals surface area contributed by atoms with Gasteiger partial charge < -0.3 is 10.8 Å². The highest BCUT2D eigenvalue weighted by Crippen LogP contribution is 2.28. The fraction of sp³-hybridized carbons (Fsp3) is 0.333. The van der Waals surface area contributed by atoms with Crippen LogP contribution < -0.4 is 5.73 Å². The first-order valence-electron chi connectivity index (χ1n) is 4.01. The molecule has 2 atom stereocenters. The van der Waals surface area contributed by atoms with E-state index in [-0.39, 0.29) is 10.0 Å². The third kappa shape index (κ3) is 2.36. The van der Waals surface area contributed by atoms with Crippen molar-refractivity contribution in [2.75, 3.05) is 0 Å².